The molecule has 0 spiro atoms. The van der Waals surface area contributed by atoms with Crippen LogP contribution >= 0.6 is 27.5 Å². The number of benzene rings is 3. The second-order valence-corrected chi connectivity index (χ2v) is 13.1. The predicted molar refractivity (Wildman–Crippen MR) is 158 cm³/mol. The molecule has 0 saturated carbocycles. The van der Waals surface area contributed by atoms with E-state index in [9.17, 15) is 18.0 Å². The third-order valence-electron chi connectivity index (χ3n) is 6.10. The van der Waals surface area contributed by atoms with E-state index in [1.165, 1.54) is 36.2 Å². The van der Waals surface area contributed by atoms with Crippen LogP contribution in [0.2, 0.25) is 5.02 Å². The maximum atomic E-state index is 13.8. The molecule has 39 heavy (non-hydrogen) atoms. The van der Waals surface area contributed by atoms with Gasteiger partial charge in [0.05, 0.1) is 11.4 Å². The third-order valence-corrected chi connectivity index (χ3v) is 8.70. The molecule has 0 heterocycles. The van der Waals surface area contributed by atoms with Gasteiger partial charge in [0.1, 0.15) is 6.04 Å². The summed E-state index contributed by atoms with van der Waals surface area (Å²) in [6.07, 6.45) is 0.278. The minimum Gasteiger partial charge on any atom is -0.354 e. The van der Waals surface area contributed by atoms with Gasteiger partial charge < -0.3 is 10.2 Å². The Balaban J connectivity index is 1.96. The normalized spacial score (nSPS) is 12.4. The SMILES string of the molecule is CC(C)CNC(=O)[C@H](Cc1ccccc1)N(Cc1ccc(Br)cc1)C(=O)CN(C)S(=O)(=O)c1ccc(Cl)cc1. The first-order chi connectivity index (χ1) is 18.5. The molecule has 0 radical (unpaired) electrons. The first-order valence-corrected chi connectivity index (χ1v) is 15.2. The summed E-state index contributed by atoms with van der Waals surface area (Å²) in [5.74, 6) is -0.558. The quantitative estimate of drug-likeness (QED) is 0.299. The van der Waals surface area contributed by atoms with Crippen LogP contribution in [0.25, 0.3) is 0 Å². The molecule has 0 unspecified atom stereocenters. The zero-order valence-electron chi connectivity index (χ0n) is 22.2. The van der Waals surface area contributed by atoms with E-state index in [1.54, 1.807) is 0 Å². The number of carbonyl (C=O) groups is 2. The van der Waals surface area contributed by atoms with Crippen molar-refractivity contribution in [1.29, 1.82) is 0 Å². The number of rotatable bonds is 12. The van der Waals surface area contributed by atoms with Crippen molar-refractivity contribution >= 4 is 49.4 Å². The van der Waals surface area contributed by atoms with Gasteiger partial charge >= 0.3 is 0 Å². The molecule has 0 aliphatic rings. The van der Waals surface area contributed by atoms with Crippen LogP contribution in [0.5, 0.6) is 0 Å². The van der Waals surface area contributed by atoms with Crippen LogP contribution in [-0.2, 0) is 32.6 Å². The lowest BCUT2D eigenvalue weighted by Crippen LogP contribution is -2.53. The predicted octanol–water partition coefficient (Wildman–Crippen LogP) is 5.14. The Hall–Kier alpha value is -2.72. The molecule has 3 aromatic carbocycles. The van der Waals surface area contributed by atoms with Gasteiger partial charge in [0.25, 0.3) is 0 Å². The molecular weight excluding hydrogens is 602 g/mol. The molecule has 2 amide bonds. The van der Waals surface area contributed by atoms with E-state index in [0.29, 0.717) is 11.6 Å². The molecule has 0 aliphatic heterocycles. The highest BCUT2D eigenvalue weighted by Gasteiger charge is 2.33. The molecule has 7 nitrogen and oxygen atoms in total. The number of nitrogens with zero attached hydrogens (tertiary/aromatic N) is 2. The molecule has 0 aromatic heterocycles. The Labute approximate surface area is 244 Å². The lowest BCUT2D eigenvalue weighted by molar-refractivity contribution is -0.141. The number of amides is 2. The topological polar surface area (TPSA) is 86.8 Å². The number of hydrogen-bond donors (Lipinski definition) is 1. The fraction of sp³-hybridized carbons (Fsp3) is 0.310. The number of hydrogen-bond acceptors (Lipinski definition) is 4. The Morgan fingerprint density at radius 2 is 1.54 bits per heavy atom. The van der Waals surface area contributed by atoms with Crippen molar-refractivity contribution in [2.45, 2.75) is 37.8 Å². The van der Waals surface area contributed by atoms with Gasteiger partial charge in [-0.3, -0.25) is 9.59 Å². The van der Waals surface area contributed by atoms with Crippen LogP contribution in [0.3, 0.4) is 0 Å². The van der Waals surface area contributed by atoms with Gasteiger partial charge in [0.2, 0.25) is 21.8 Å². The smallest absolute Gasteiger partial charge is 0.243 e. The van der Waals surface area contributed by atoms with Crippen molar-refractivity contribution in [3.63, 3.8) is 0 Å². The van der Waals surface area contributed by atoms with E-state index >= 15 is 0 Å². The fourth-order valence-corrected chi connectivity index (χ4v) is 5.43. The summed E-state index contributed by atoms with van der Waals surface area (Å²) in [5.41, 5.74) is 1.70. The van der Waals surface area contributed by atoms with Gasteiger partial charge in [-0.15, -0.1) is 0 Å². The van der Waals surface area contributed by atoms with Crippen LogP contribution in [0, 0.1) is 5.92 Å². The summed E-state index contributed by atoms with van der Waals surface area (Å²) >= 11 is 9.35. The largest absolute Gasteiger partial charge is 0.354 e. The van der Waals surface area contributed by atoms with Gasteiger partial charge in [0.15, 0.2) is 0 Å². The van der Waals surface area contributed by atoms with E-state index in [1.807, 2.05) is 68.4 Å². The molecule has 0 bridgehead atoms. The molecule has 0 saturated heterocycles. The van der Waals surface area contributed by atoms with E-state index in [0.717, 1.165) is 19.9 Å². The lowest BCUT2D eigenvalue weighted by atomic mass is 10.0. The van der Waals surface area contributed by atoms with Crippen molar-refractivity contribution in [1.82, 2.24) is 14.5 Å². The summed E-state index contributed by atoms with van der Waals surface area (Å²) in [4.78, 5) is 28.9. The van der Waals surface area contributed by atoms with Gasteiger partial charge in [0, 0.05) is 36.1 Å². The van der Waals surface area contributed by atoms with Crippen molar-refractivity contribution in [3.8, 4) is 0 Å². The minimum atomic E-state index is -3.97. The van der Waals surface area contributed by atoms with E-state index in [-0.39, 0.29) is 29.7 Å². The summed E-state index contributed by atoms with van der Waals surface area (Å²) in [5, 5.41) is 3.37. The Morgan fingerprint density at radius 1 is 0.923 bits per heavy atom. The maximum absolute atomic E-state index is 13.8. The van der Waals surface area contributed by atoms with Crippen molar-refractivity contribution in [3.05, 3.63) is 99.5 Å². The minimum absolute atomic E-state index is 0.0252. The number of halogens is 2. The summed E-state index contributed by atoms with van der Waals surface area (Å²) in [6, 6.07) is 21.8. The standard InChI is InChI=1S/C29H33BrClN3O4S/c1-21(2)18-32-29(36)27(17-22-7-5-4-6-8-22)34(19-23-9-11-24(30)12-10-23)28(35)20-33(3)39(37,38)26-15-13-25(31)14-16-26/h4-16,21,27H,17-20H2,1-3H3,(H,32,36)/t27-/m0/s1. The fourth-order valence-electron chi connectivity index (χ4n) is 3.92. The van der Waals surface area contributed by atoms with Crippen molar-refractivity contribution < 1.29 is 18.0 Å². The molecule has 10 heteroatoms. The zero-order chi connectivity index (χ0) is 28.6. The monoisotopic (exact) mass is 633 g/mol. The van der Waals surface area contributed by atoms with Gasteiger partial charge in [-0.2, -0.15) is 4.31 Å². The molecule has 3 aromatic rings. The first-order valence-electron chi connectivity index (χ1n) is 12.5. The second kappa shape index (κ2) is 14.1. The highest BCUT2D eigenvalue weighted by atomic mass is 79.9. The highest BCUT2D eigenvalue weighted by Crippen LogP contribution is 2.20. The zero-order valence-corrected chi connectivity index (χ0v) is 25.3. The molecule has 0 fully saturated rings. The summed E-state index contributed by atoms with van der Waals surface area (Å²) in [6.45, 7) is 4.13. The van der Waals surface area contributed by atoms with Crippen molar-refractivity contribution in [2.75, 3.05) is 20.1 Å². The molecule has 1 atom stereocenters. The number of likely N-dealkylation sites (N-methyl/N-ethyl adjacent to an activating group) is 1. The average Bonchev–Trinajstić information content (AvgIpc) is 2.91. The Bertz CT molecular complexity index is 1350. The van der Waals surface area contributed by atoms with E-state index < -0.39 is 28.5 Å². The number of carbonyl (C=O) groups excluding carboxylic acids is 2. The Morgan fingerprint density at radius 3 is 2.13 bits per heavy atom. The van der Waals surface area contributed by atoms with E-state index in [4.69, 9.17) is 11.6 Å². The van der Waals surface area contributed by atoms with E-state index in [2.05, 4.69) is 21.2 Å². The second-order valence-electron chi connectivity index (χ2n) is 9.71. The summed E-state index contributed by atoms with van der Waals surface area (Å²) < 4.78 is 28.3. The highest BCUT2D eigenvalue weighted by molar-refractivity contribution is 9.10. The molecule has 1 N–H and O–H groups in total. The average molecular weight is 635 g/mol. The van der Waals surface area contributed by atoms with Crippen LogP contribution < -0.4 is 5.32 Å². The summed E-state index contributed by atoms with van der Waals surface area (Å²) in [7, 11) is -2.62. The van der Waals surface area contributed by atoms with Gasteiger partial charge in [-0.25, -0.2) is 8.42 Å². The molecule has 208 valence electrons. The van der Waals surface area contributed by atoms with Gasteiger partial charge in [-0.05, 0) is 53.4 Å². The third kappa shape index (κ3) is 8.89. The van der Waals surface area contributed by atoms with Gasteiger partial charge in [-0.1, -0.05) is 83.8 Å². The maximum Gasteiger partial charge on any atom is 0.243 e. The molecular formula is C29H33BrClN3O4S. The number of nitrogens with one attached hydrogen (secondary N) is 1. The van der Waals surface area contributed by atoms with Crippen molar-refractivity contribution in [2.24, 2.45) is 5.92 Å². The molecule has 3 rings (SSSR count). The van der Waals surface area contributed by atoms with Crippen LogP contribution in [-0.4, -0.2) is 55.6 Å². The lowest BCUT2D eigenvalue weighted by Gasteiger charge is -2.33. The van der Waals surface area contributed by atoms with Crippen LogP contribution in [0.4, 0.5) is 0 Å². The first kappa shape index (κ1) is 30.8. The Kier molecular flexibility index (Phi) is 11.1. The molecule has 0 aliphatic carbocycles. The van der Waals surface area contributed by atoms with Crippen LogP contribution in [0.15, 0.2) is 88.2 Å². The van der Waals surface area contributed by atoms with Crippen LogP contribution in [0.1, 0.15) is 25.0 Å². The number of sulfonamides is 1.